The molecule has 0 saturated heterocycles. The molecule has 0 aliphatic rings. The highest BCUT2D eigenvalue weighted by atomic mass is 16.3. The molecule has 0 saturated carbocycles. The van der Waals surface area contributed by atoms with Crippen LogP contribution in [0.5, 0.6) is 0 Å². The molecular formula is C46H28N4O. The summed E-state index contributed by atoms with van der Waals surface area (Å²) in [6.07, 6.45) is 0. The van der Waals surface area contributed by atoms with E-state index in [2.05, 4.69) is 97.1 Å². The van der Waals surface area contributed by atoms with Gasteiger partial charge in [-0.25, -0.2) is 19.9 Å². The lowest BCUT2D eigenvalue weighted by Gasteiger charge is -2.13. The Morgan fingerprint density at radius 3 is 1.57 bits per heavy atom. The number of nitrogens with zero attached hydrogens (tertiary/aromatic N) is 4. The van der Waals surface area contributed by atoms with Gasteiger partial charge in [0.05, 0.1) is 0 Å². The molecule has 0 aliphatic carbocycles. The van der Waals surface area contributed by atoms with Crippen molar-refractivity contribution in [2.24, 2.45) is 0 Å². The molecule has 10 rings (SSSR count). The normalized spacial score (nSPS) is 11.5. The SMILES string of the molecule is c1ccc(-c2ccc(-c3nc(-c4ccccc4)nc(-c4cccc5c4ccc4ccc6ccc7nc(-c8ccccc8)oc7c6c45)n3)cc2)cc1. The van der Waals surface area contributed by atoms with Crippen LogP contribution in [0.2, 0.25) is 0 Å². The monoisotopic (exact) mass is 652 g/mol. The smallest absolute Gasteiger partial charge is 0.227 e. The largest absolute Gasteiger partial charge is 0.435 e. The first kappa shape index (κ1) is 29.0. The van der Waals surface area contributed by atoms with Gasteiger partial charge in [-0.15, -0.1) is 0 Å². The van der Waals surface area contributed by atoms with Crippen molar-refractivity contribution in [3.8, 4) is 56.7 Å². The second-order valence-corrected chi connectivity index (χ2v) is 12.6. The third-order valence-corrected chi connectivity index (χ3v) is 9.56. The van der Waals surface area contributed by atoms with E-state index >= 15 is 0 Å². The predicted octanol–water partition coefficient (Wildman–Crippen LogP) is 11.8. The van der Waals surface area contributed by atoms with Crippen LogP contribution in [0.1, 0.15) is 0 Å². The van der Waals surface area contributed by atoms with Gasteiger partial charge in [-0.1, -0.05) is 152 Å². The Hall–Kier alpha value is -6.98. The first-order chi connectivity index (χ1) is 25.3. The summed E-state index contributed by atoms with van der Waals surface area (Å²) in [7, 11) is 0. The van der Waals surface area contributed by atoms with Crippen molar-refractivity contribution < 1.29 is 4.42 Å². The predicted molar refractivity (Wildman–Crippen MR) is 207 cm³/mol. The van der Waals surface area contributed by atoms with Crippen molar-refractivity contribution >= 4 is 43.4 Å². The van der Waals surface area contributed by atoms with Gasteiger partial charge >= 0.3 is 0 Å². The molecule has 8 aromatic carbocycles. The van der Waals surface area contributed by atoms with E-state index in [1.165, 1.54) is 5.56 Å². The minimum Gasteiger partial charge on any atom is -0.435 e. The summed E-state index contributed by atoms with van der Waals surface area (Å²) in [6.45, 7) is 0. The average Bonchev–Trinajstić information content (AvgIpc) is 3.66. The molecule has 51 heavy (non-hydrogen) atoms. The van der Waals surface area contributed by atoms with Gasteiger partial charge in [0.1, 0.15) is 5.52 Å². The van der Waals surface area contributed by atoms with E-state index in [1.54, 1.807) is 0 Å². The summed E-state index contributed by atoms with van der Waals surface area (Å²) in [5.41, 5.74) is 7.65. The zero-order valence-corrected chi connectivity index (χ0v) is 27.4. The van der Waals surface area contributed by atoms with Crippen LogP contribution in [0, 0.1) is 0 Å². The summed E-state index contributed by atoms with van der Waals surface area (Å²) in [4.78, 5) is 20.1. The fourth-order valence-corrected chi connectivity index (χ4v) is 7.06. The number of aromatic nitrogens is 4. The molecule has 0 unspecified atom stereocenters. The van der Waals surface area contributed by atoms with Gasteiger partial charge in [0.25, 0.3) is 0 Å². The second kappa shape index (κ2) is 11.9. The molecular weight excluding hydrogens is 625 g/mol. The molecule has 0 atom stereocenters. The highest BCUT2D eigenvalue weighted by Crippen LogP contribution is 2.40. The molecule has 5 heteroatoms. The summed E-state index contributed by atoms with van der Waals surface area (Å²) in [5.74, 6) is 2.48. The van der Waals surface area contributed by atoms with E-state index in [4.69, 9.17) is 24.4 Å². The lowest BCUT2D eigenvalue weighted by molar-refractivity contribution is 0.623. The van der Waals surface area contributed by atoms with Crippen molar-refractivity contribution in [2.75, 3.05) is 0 Å². The molecule has 238 valence electrons. The first-order valence-corrected chi connectivity index (χ1v) is 17.0. The molecule has 0 aliphatic heterocycles. The molecule has 0 amide bonds. The second-order valence-electron chi connectivity index (χ2n) is 12.6. The van der Waals surface area contributed by atoms with Gasteiger partial charge < -0.3 is 4.42 Å². The molecule has 5 nitrogen and oxygen atoms in total. The van der Waals surface area contributed by atoms with Crippen molar-refractivity contribution in [3.05, 3.63) is 170 Å². The number of benzene rings is 8. The Kier molecular flexibility index (Phi) is 6.74. The number of oxazole rings is 1. The van der Waals surface area contributed by atoms with Crippen LogP contribution >= 0.6 is 0 Å². The quantitative estimate of drug-likeness (QED) is 0.173. The van der Waals surface area contributed by atoms with E-state index in [9.17, 15) is 0 Å². The van der Waals surface area contributed by atoms with E-state index < -0.39 is 0 Å². The van der Waals surface area contributed by atoms with Crippen LogP contribution in [0.4, 0.5) is 0 Å². The fourth-order valence-electron chi connectivity index (χ4n) is 7.06. The lowest BCUT2D eigenvalue weighted by Crippen LogP contribution is -2.00. The zero-order chi connectivity index (χ0) is 33.7. The molecule has 2 aromatic heterocycles. The van der Waals surface area contributed by atoms with E-state index in [1.807, 2.05) is 72.8 Å². The molecule has 0 N–H and O–H groups in total. The number of rotatable bonds is 5. The Balaban J connectivity index is 1.19. The zero-order valence-electron chi connectivity index (χ0n) is 27.4. The fraction of sp³-hybridized carbons (Fsp3) is 0. The van der Waals surface area contributed by atoms with Crippen LogP contribution in [0.3, 0.4) is 0 Å². The Labute approximate surface area is 293 Å². The Bertz CT molecular complexity index is 2890. The highest BCUT2D eigenvalue weighted by Gasteiger charge is 2.18. The number of hydrogen-bond acceptors (Lipinski definition) is 5. The standard InChI is InChI=1S/C46H28N4O/c1-4-11-29(12-5-1)30-19-23-34(24-20-30)44-48-43(33-13-6-2-7-14-33)49-45(50-44)38-18-10-17-37-36(38)27-25-31-21-22-32-26-28-39-42(41(32)40(31)37)51-46(47-39)35-15-8-3-9-16-35/h1-28H. The number of fused-ring (bicyclic) bond motifs is 7. The van der Waals surface area contributed by atoms with Gasteiger partial charge in [0, 0.05) is 33.0 Å². The molecule has 0 bridgehead atoms. The van der Waals surface area contributed by atoms with Gasteiger partial charge in [0.2, 0.25) is 5.89 Å². The maximum absolute atomic E-state index is 6.56. The first-order valence-electron chi connectivity index (χ1n) is 17.0. The van der Waals surface area contributed by atoms with Crippen LogP contribution in [-0.4, -0.2) is 19.9 Å². The van der Waals surface area contributed by atoms with Gasteiger partial charge in [-0.3, -0.25) is 0 Å². The van der Waals surface area contributed by atoms with Gasteiger partial charge in [0.15, 0.2) is 23.1 Å². The Morgan fingerprint density at radius 2 is 0.863 bits per heavy atom. The average molecular weight is 653 g/mol. The minimum atomic E-state index is 0.610. The summed E-state index contributed by atoms with van der Waals surface area (Å²) in [5, 5.41) is 6.52. The third kappa shape index (κ3) is 5.03. The van der Waals surface area contributed by atoms with Crippen molar-refractivity contribution in [3.63, 3.8) is 0 Å². The summed E-state index contributed by atoms with van der Waals surface area (Å²) >= 11 is 0. The van der Waals surface area contributed by atoms with Gasteiger partial charge in [-0.2, -0.15) is 0 Å². The van der Waals surface area contributed by atoms with E-state index in [0.717, 1.165) is 71.2 Å². The minimum absolute atomic E-state index is 0.610. The lowest BCUT2D eigenvalue weighted by atomic mass is 9.93. The maximum atomic E-state index is 6.56. The molecule has 10 aromatic rings. The summed E-state index contributed by atoms with van der Waals surface area (Å²) < 4.78 is 6.56. The topological polar surface area (TPSA) is 64.7 Å². The van der Waals surface area contributed by atoms with Crippen LogP contribution < -0.4 is 0 Å². The molecule has 0 radical (unpaired) electrons. The van der Waals surface area contributed by atoms with Crippen LogP contribution in [0.15, 0.2) is 174 Å². The third-order valence-electron chi connectivity index (χ3n) is 9.56. The maximum Gasteiger partial charge on any atom is 0.227 e. The van der Waals surface area contributed by atoms with E-state index in [-0.39, 0.29) is 0 Å². The van der Waals surface area contributed by atoms with E-state index in [0.29, 0.717) is 23.4 Å². The Morgan fingerprint density at radius 1 is 0.333 bits per heavy atom. The van der Waals surface area contributed by atoms with Crippen molar-refractivity contribution in [1.29, 1.82) is 0 Å². The molecule has 2 heterocycles. The van der Waals surface area contributed by atoms with Crippen molar-refractivity contribution in [1.82, 2.24) is 19.9 Å². The number of hydrogen-bond donors (Lipinski definition) is 0. The van der Waals surface area contributed by atoms with Gasteiger partial charge in [-0.05, 0) is 50.9 Å². The van der Waals surface area contributed by atoms with Crippen molar-refractivity contribution in [2.45, 2.75) is 0 Å². The summed E-state index contributed by atoms with van der Waals surface area (Å²) in [6, 6.07) is 58.2. The highest BCUT2D eigenvalue weighted by molar-refractivity contribution is 6.27. The molecule has 0 spiro atoms. The van der Waals surface area contributed by atoms with Crippen LogP contribution in [-0.2, 0) is 0 Å². The molecule has 0 fully saturated rings. The van der Waals surface area contributed by atoms with Crippen LogP contribution in [0.25, 0.3) is 100 Å².